The summed E-state index contributed by atoms with van der Waals surface area (Å²) in [6.45, 7) is 14.4. The molecule has 1 unspecified atom stereocenters. The number of hydrogen-bond donors (Lipinski definition) is 2. The SMILES string of the molecule is C=C/C=C(\C=C)NC(=O)OCCCCCCNC(=O)OC(CCCC)C(C)C. The van der Waals surface area contributed by atoms with Crippen molar-refractivity contribution in [2.75, 3.05) is 13.2 Å². The van der Waals surface area contributed by atoms with E-state index >= 15 is 0 Å². The van der Waals surface area contributed by atoms with Crippen LogP contribution in [0.3, 0.4) is 0 Å². The molecule has 0 saturated carbocycles. The number of allylic oxidation sites excluding steroid dienone is 3. The van der Waals surface area contributed by atoms with Gasteiger partial charge in [0.25, 0.3) is 0 Å². The summed E-state index contributed by atoms with van der Waals surface area (Å²) in [5, 5.41) is 5.39. The van der Waals surface area contributed by atoms with Gasteiger partial charge in [0.2, 0.25) is 0 Å². The Morgan fingerprint density at radius 2 is 1.75 bits per heavy atom. The molecule has 0 aromatic carbocycles. The Labute approximate surface area is 170 Å². The first-order chi connectivity index (χ1) is 13.4. The molecule has 0 aliphatic carbocycles. The van der Waals surface area contributed by atoms with Gasteiger partial charge in [0.05, 0.1) is 6.61 Å². The second kappa shape index (κ2) is 16.9. The molecule has 0 aromatic heterocycles. The van der Waals surface area contributed by atoms with Gasteiger partial charge in [-0.1, -0.05) is 59.3 Å². The molecule has 0 saturated heterocycles. The van der Waals surface area contributed by atoms with Crippen molar-refractivity contribution in [3.8, 4) is 0 Å². The van der Waals surface area contributed by atoms with E-state index in [0.29, 0.717) is 24.8 Å². The van der Waals surface area contributed by atoms with Crippen molar-refractivity contribution >= 4 is 12.2 Å². The normalized spacial score (nSPS) is 12.2. The van der Waals surface area contributed by atoms with Crippen LogP contribution in [0.4, 0.5) is 9.59 Å². The summed E-state index contributed by atoms with van der Waals surface area (Å²) in [5.74, 6) is 0.323. The van der Waals surface area contributed by atoms with Gasteiger partial charge in [-0.2, -0.15) is 0 Å². The Morgan fingerprint density at radius 1 is 1.04 bits per heavy atom. The molecule has 1 atom stereocenters. The first-order valence-electron chi connectivity index (χ1n) is 10.3. The van der Waals surface area contributed by atoms with Crippen molar-refractivity contribution < 1.29 is 19.1 Å². The second-order valence-electron chi connectivity index (χ2n) is 6.99. The summed E-state index contributed by atoms with van der Waals surface area (Å²) in [5.41, 5.74) is 0.548. The van der Waals surface area contributed by atoms with E-state index < -0.39 is 6.09 Å². The quantitative estimate of drug-likeness (QED) is 0.285. The lowest BCUT2D eigenvalue weighted by molar-refractivity contribution is 0.0643. The summed E-state index contributed by atoms with van der Waals surface area (Å²) >= 11 is 0. The van der Waals surface area contributed by atoms with Gasteiger partial charge in [-0.15, -0.1) is 0 Å². The monoisotopic (exact) mass is 394 g/mol. The van der Waals surface area contributed by atoms with Gasteiger partial charge in [0.1, 0.15) is 6.10 Å². The highest BCUT2D eigenvalue weighted by Crippen LogP contribution is 2.14. The van der Waals surface area contributed by atoms with Crippen LogP contribution < -0.4 is 10.6 Å². The van der Waals surface area contributed by atoms with Crippen molar-refractivity contribution in [3.63, 3.8) is 0 Å². The Balaban J connectivity index is 3.74. The zero-order chi connectivity index (χ0) is 21.2. The molecule has 160 valence electrons. The molecular weight excluding hydrogens is 356 g/mol. The Kier molecular flexibility index (Phi) is 15.5. The van der Waals surface area contributed by atoms with E-state index in [2.05, 4.69) is 44.6 Å². The second-order valence-corrected chi connectivity index (χ2v) is 6.99. The van der Waals surface area contributed by atoms with Crippen LogP contribution in [0, 0.1) is 5.92 Å². The Morgan fingerprint density at radius 3 is 2.36 bits per heavy atom. The number of carbonyl (C=O) groups is 2. The third kappa shape index (κ3) is 13.9. The lowest BCUT2D eigenvalue weighted by Crippen LogP contribution is -2.32. The molecule has 2 N–H and O–H groups in total. The maximum absolute atomic E-state index is 11.9. The zero-order valence-electron chi connectivity index (χ0n) is 17.8. The van der Waals surface area contributed by atoms with Crippen molar-refractivity contribution in [1.29, 1.82) is 0 Å². The number of hydrogen-bond acceptors (Lipinski definition) is 4. The minimum absolute atomic E-state index is 0.0221. The molecule has 2 amide bonds. The first kappa shape index (κ1) is 25.8. The smallest absolute Gasteiger partial charge is 0.411 e. The molecule has 0 rings (SSSR count). The zero-order valence-corrected chi connectivity index (χ0v) is 17.8. The first-order valence-corrected chi connectivity index (χ1v) is 10.3. The van der Waals surface area contributed by atoms with Crippen LogP contribution in [-0.4, -0.2) is 31.4 Å². The maximum atomic E-state index is 11.9. The summed E-state index contributed by atoms with van der Waals surface area (Å²) < 4.78 is 10.6. The van der Waals surface area contributed by atoms with Gasteiger partial charge in [0.15, 0.2) is 0 Å². The van der Waals surface area contributed by atoms with Crippen LogP contribution in [-0.2, 0) is 9.47 Å². The number of ether oxygens (including phenoxy) is 2. The van der Waals surface area contributed by atoms with Gasteiger partial charge in [-0.05, 0) is 43.8 Å². The van der Waals surface area contributed by atoms with Crippen LogP contribution in [0.2, 0.25) is 0 Å². The highest BCUT2D eigenvalue weighted by atomic mass is 16.6. The van der Waals surface area contributed by atoms with E-state index in [-0.39, 0.29) is 12.2 Å². The molecule has 6 heteroatoms. The minimum Gasteiger partial charge on any atom is -0.449 e. The summed E-state index contributed by atoms with van der Waals surface area (Å²) in [7, 11) is 0. The molecule has 0 radical (unpaired) electrons. The van der Waals surface area contributed by atoms with Crippen LogP contribution in [0.25, 0.3) is 0 Å². The number of alkyl carbamates (subject to hydrolysis) is 2. The third-order valence-corrected chi connectivity index (χ3v) is 4.18. The molecule has 0 spiro atoms. The van der Waals surface area contributed by atoms with Gasteiger partial charge >= 0.3 is 12.2 Å². The average Bonchev–Trinajstić information content (AvgIpc) is 2.66. The van der Waals surface area contributed by atoms with E-state index in [9.17, 15) is 9.59 Å². The molecular formula is C22H38N2O4. The van der Waals surface area contributed by atoms with Crippen LogP contribution in [0.15, 0.2) is 37.1 Å². The molecule has 28 heavy (non-hydrogen) atoms. The summed E-state index contributed by atoms with van der Waals surface area (Å²) in [6.07, 6.45) is 10.5. The molecule has 0 aliphatic rings. The Bertz CT molecular complexity index is 501. The van der Waals surface area contributed by atoms with Crippen molar-refractivity contribution in [2.24, 2.45) is 5.92 Å². The van der Waals surface area contributed by atoms with Gasteiger partial charge in [-0.3, -0.25) is 5.32 Å². The number of nitrogens with one attached hydrogen (secondary N) is 2. The summed E-state index contributed by atoms with van der Waals surface area (Å²) in [4.78, 5) is 23.5. The van der Waals surface area contributed by atoms with Crippen LogP contribution in [0.5, 0.6) is 0 Å². The maximum Gasteiger partial charge on any atom is 0.411 e. The predicted octanol–water partition coefficient (Wildman–Crippen LogP) is 5.47. The van der Waals surface area contributed by atoms with E-state index in [4.69, 9.17) is 9.47 Å². The molecule has 0 fully saturated rings. The standard InChI is InChI=1S/C22H38N2O4/c1-6-9-15-20(18(4)5)28-21(25)23-16-12-10-11-13-17-27-22(26)24-19(8-3)14-7-2/h7-8,14,18,20H,2-3,6,9-13,15-17H2,1,4-5H3,(H,23,25)(H,24,26)/b19-14+. The Hall–Kier alpha value is -2.24. The fraction of sp³-hybridized carbons (Fsp3) is 0.636. The van der Waals surface area contributed by atoms with Gasteiger partial charge < -0.3 is 14.8 Å². The minimum atomic E-state index is -0.500. The van der Waals surface area contributed by atoms with Crippen molar-refractivity contribution in [1.82, 2.24) is 10.6 Å². The van der Waals surface area contributed by atoms with Gasteiger partial charge in [-0.25, -0.2) is 9.59 Å². The van der Waals surface area contributed by atoms with E-state index in [0.717, 1.165) is 44.9 Å². The fourth-order valence-electron chi connectivity index (χ4n) is 2.49. The lowest BCUT2D eigenvalue weighted by atomic mass is 10.0. The number of unbranched alkanes of at least 4 members (excludes halogenated alkanes) is 4. The van der Waals surface area contributed by atoms with Gasteiger partial charge in [0, 0.05) is 12.2 Å². The number of amides is 2. The molecule has 6 nitrogen and oxygen atoms in total. The fourth-order valence-corrected chi connectivity index (χ4v) is 2.49. The highest BCUT2D eigenvalue weighted by molar-refractivity contribution is 5.70. The van der Waals surface area contributed by atoms with Crippen LogP contribution in [0.1, 0.15) is 65.7 Å². The lowest BCUT2D eigenvalue weighted by Gasteiger charge is -2.21. The van der Waals surface area contributed by atoms with E-state index in [1.807, 2.05) is 0 Å². The molecule has 0 aromatic rings. The molecule has 0 aliphatic heterocycles. The van der Waals surface area contributed by atoms with E-state index in [1.165, 1.54) is 6.08 Å². The average molecular weight is 395 g/mol. The molecule has 0 bridgehead atoms. The number of carbonyl (C=O) groups excluding carboxylic acids is 2. The topological polar surface area (TPSA) is 76.7 Å². The van der Waals surface area contributed by atoms with E-state index in [1.54, 1.807) is 12.2 Å². The third-order valence-electron chi connectivity index (χ3n) is 4.18. The van der Waals surface area contributed by atoms with Crippen LogP contribution >= 0.6 is 0 Å². The summed E-state index contributed by atoms with van der Waals surface area (Å²) in [6, 6.07) is 0. The molecule has 0 heterocycles. The number of rotatable bonds is 15. The predicted molar refractivity (Wildman–Crippen MR) is 114 cm³/mol. The highest BCUT2D eigenvalue weighted by Gasteiger charge is 2.17. The largest absolute Gasteiger partial charge is 0.449 e. The van der Waals surface area contributed by atoms with Crippen molar-refractivity contribution in [2.45, 2.75) is 71.8 Å². The van der Waals surface area contributed by atoms with Crippen molar-refractivity contribution in [3.05, 3.63) is 37.1 Å².